The number of methoxy groups -OCH3 is 2. The lowest BCUT2D eigenvalue weighted by Crippen LogP contribution is -2.22. The summed E-state index contributed by atoms with van der Waals surface area (Å²) in [6, 6.07) is 13.2. The van der Waals surface area contributed by atoms with E-state index in [9.17, 15) is 4.79 Å². The third kappa shape index (κ3) is 4.24. The van der Waals surface area contributed by atoms with E-state index < -0.39 is 0 Å². The molecule has 10 heteroatoms. The van der Waals surface area contributed by atoms with Gasteiger partial charge in [-0.15, -0.1) is 10.2 Å². The Morgan fingerprint density at radius 3 is 2.77 bits per heavy atom. The van der Waals surface area contributed by atoms with Gasteiger partial charge in [0.15, 0.2) is 10.2 Å². The smallest absolute Gasteiger partial charge is 0.239 e. The van der Waals surface area contributed by atoms with Crippen LogP contribution in [0.15, 0.2) is 47.6 Å². The second-order valence-corrected chi connectivity index (χ2v) is 8.59. The van der Waals surface area contributed by atoms with Crippen molar-refractivity contribution in [2.24, 2.45) is 0 Å². The number of para-hydroxylation sites is 2. The topological polar surface area (TPSA) is 102 Å². The molecule has 1 amide bonds. The zero-order valence-corrected chi connectivity index (χ0v) is 18.1. The van der Waals surface area contributed by atoms with Crippen molar-refractivity contribution in [3.63, 3.8) is 0 Å². The number of hydrogen-bond acceptors (Lipinski definition) is 8. The van der Waals surface area contributed by atoms with Crippen LogP contribution in [0.2, 0.25) is 0 Å². The van der Waals surface area contributed by atoms with E-state index in [1.807, 2.05) is 43.3 Å². The third-order valence-electron chi connectivity index (χ3n) is 4.32. The van der Waals surface area contributed by atoms with Crippen molar-refractivity contribution in [2.75, 3.05) is 19.5 Å². The molecule has 0 fully saturated rings. The maximum Gasteiger partial charge on any atom is 0.239 e. The summed E-state index contributed by atoms with van der Waals surface area (Å²) in [7, 11) is 3.18. The molecule has 4 rings (SSSR count). The maximum absolute atomic E-state index is 12.6. The number of benzene rings is 2. The van der Waals surface area contributed by atoms with Gasteiger partial charge in [-0.2, -0.15) is 0 Å². The first-order valence-electron chi connectivity index (χ1n) is 9.05. The van der Waals surface area contributed by atoms with Crippen molar-refractivity contribution in [2.45, 2.75) is 17.3 Å². The van der Waals surface area contributed by atoms with Gasteiger partial charge in [-0.25, -0.2) is 4.98 Å². The van der Waals surface area contributed by atoms with Gasteiger partial charge < -0.3 is 14.5 Å². The molecule has 0 saturated heterocycles. The van der Waals surface area contributed by atoms with E-state index in [0.717, 1.165) is 16.6 Å². The number of imidazole rings is 1. The normalized spacial score (nSPS) is 12.0. The van der Waals surface area contributed by atoms with Gasteiger partial charge in [-0.1, -0.05) is 35.2 Å². The standard InChI is InChI=1S/C20H19N5O3S2/c1-11(29-19-21-14-6-4-5-7-15(14)22-19)17(26)23-20-25-24-18(30-20)13-9-8-12(27-2)10-16(13)28-3/h4-11H,1-3H3,(H,21,22)(H,23,25,26). The predicted octanol–water partition coefficient (Wildman–Crippen LogP) is 4.22. The van der Waals surface area contributed by atoms with Crippen molar-refractivity contribution in [1.29, 1.82) is 0 Å². The number of fused-ring (bicyclic) bond motifs is 1. The summed E-state index contributed by atoms with van der Waals surface area (Å²) < 4.78 is 10.6. The first kappa shape index (κ1) is 20.2. The van der Waals surface area contributed by atoms with Gasteiger partial charge in [0.05, 0.1) is 36.1 Å². The number of H-pyrrole nitrogens is 1. The number of nitrogens with one attached hydrogen (secondary N) is 2. The van der Waals surface area contributed by atoms with Gasteiger partial charge >= 0.3 is 0 Å². The molecule has 0 bridgehead atoms. The van der Waals surface area contributed by atoms with Gasteiger partial charge in [0, 0.05) is 6.07 Å². The highest BCUT2D eigenvalue weighted by Gasteiger charge is 2.19. The van der Waals surface area contributed by atoms with Gasteiger partial charge in [0.25, 0.3) is 0 Å². The van der Waals surface area contributed by atoms with E-state index in [0.29, 0.717) is 26.8 Å². The van der Waals surface area contributed by atoms with E-state index in [-0.39, 0.29) is 11.2 Å². The van der Waals surface area contributed by atoms with Crippen molar-refractivity contribution in [3.05, 3.63) is 42.5 Å². The zero-order valence-electron chi connectivity index (χ0n) is 16.5. The predicted molar refractivity (Wildman–Crippen MR) is 118 cm³/mol. The molecule has 2 N–H and O–H groups in total. The zero-order chi connectivity index (χ0) is 21.1. The maximum atomic E-state index is 12.6. The molecule has 2 aromatic carbocycles. The number of rotatable bonds is 7. The summed E-state index contributed by atoms with van der Waals surface area (Å²) in [6.45, 7) is 1.82. The number of anilines is 1. The molecule has 4 aromatic rings. The molecule has 0 radical (unpaired) electrons. The van der Waals surface area contributed by atoms with E-state index >= 15 is 0 Å². The molecule has 30 heavy (non-hydrogen) atoms. The molecular weight excluding hydrogens is 422 g/mol. The van der Waals surface area contributed by atoms with Crippen LogP contribution in [0.5, 0.6) is 11.5 Å². The molecule has 0 aliphatic rings. The molecular formula is C20H19N5O3S2. The van der Waals surface area contributed by atoms with Crippen molar-refractivity contribution in [1.82, 2.24) is 20.2 Å². The number of aromatic amines is 1. The van der Waals surface area contributed by atoms with Gasteiger partial charge in [-0.3, -0.25) is 10.1 Å². The lowest BCUT2D eigenvalue weighted by molar-refractivity contribution is -0.115. The third-order valence-corrected chi connectivity index (χ3v) is 6.18. The molecule has 1 atom stereocenters. The number of thioether (sulfide) groups is 1. The highest BCUT2D eigenvalue weighted by atomic mass is 32.2. The van der Waals surface area contributed by atoms with E-state index in [1.54, 1.807) is 20.3 Å². The minimum atomic E-state index is -0.367. The van der Waals surface area contributed by atoms with Crippen molar-refractivity contribution >= 4 is 45.2 Å². The van der Waals surface area contributed by atoms with Crippen LogP contribution < -0.4 is 14.8 Å². The fraction of sp³-hybridized carbons (Fsp3) is 0.200. The summed E-state index contributed by atoms with van der Waals surface area (Å²) in [5, 5.41) is 12.5. The van der Waals surface area contributed by atoms with Crippen LogP contribution in [0.4, 0.5) is 5.13 Å². The largest absolute Gasteiger partial charge is 0.497 e. The molecule has 1 unspecified atom stereocenters. The molecule has 0 aliphatic heterocycles. The van der Waals surface area contributed by atoms with Crippen molar-refractivity contribution < 1.29 is 14.3 Å². The lowest BCUT2D eigenvalue weighted by Gasteiger charge is -2.08. The van der Waals surface area contributed by atoms with Gasteiger partial charge in [0.1, 0.15) is 11.5 Å². The number of carbonyl (C=O) groups excluding carboxylic acids is 1. The summed E-state index contributed by atoms with van der Waals surface area (Å²) in [4.78, 5) is 20.3. The molecule has 0 aliphatic carbocycles. The van der Waals surface area contributed by atoms with Crippen LogP contribution in [0, 0.1) is 0 Å². The molecule has 154 valence electrons. The summed E-state index contributed by atoms with van der Waals surface area (Å²) >= 11 is 2.63. The molecule has 0 spiro atoms. The number of aromatic nitrogens is 4. The average molecular weight is 442 g/mol. The SMILES string of the molecule is COc1ccc(-c2nnc(NC(=O)C(C)Sc3nc4ccccc4[nH]3)s2)c(OC)c1. The monoisotopic (exact) mass is 441 g/mol. The molecule has 2 aromatic heterocycles. The second kappa shape index (κ2) is 8.72. The van der Waals surface area contributed by atoms with Gasteiger partial charge in [-0.05, 0) is 31.2 Å². The minimum Gasteiger partial charge on any atom is -0.497 e. The fourth-order valence-electron chi connectivity index (χ4n) is 2.77. The highest BCUT2D eigenvalue weighted by molar-refractivity contribution is 8.00. The Morgan fingerprint density at radius 2 is 2.00 bits per heavy atom. The van der Waals surface area contributed by atoms with E-state index in [4.69, 9.17) is 9.47 Å². The minimum absolute atomic E-state index is 0.176. The molecule has 8 nitrogen and oxygen atoms in total. The quantitative estimate of drug-likeness (QED) is 0.414. The number of amides is 1. The Balaban J connectivity index is 1.44. The Bertz CT molecular complexity index is 1160. The van der Waals surface area contributed by atoms with Crippen LogP contribution in [0.25, 0.3) is 21.6 Å². The summed E-state index contributed by atoms with van der Waals surface area (Å²) in [6.07, 6.45) is 0. The number of carbonyl (C=O) groups is 1. The summed E-state index contributed by atoms with van der Waals surface area (Å²) in [5.74, 6) is 1.13. The Morgan fingerprint density at radius 1 is 1.17 bits per heavy atom. The van der Waals surface area contributed by atoms with E-state index in [2.05, 4.69) is 25.5 Å². The van der Waals surface area contributed by atoms with Crippen LogP contribution >= 0.6 is 23.1 Å². The van der Waals surface area contributed by atoms with Crippen LogP contribution in [0.3, 0.4) is 0 Å². The summed E-state index contributed by atoms with van der Waals surface area (Å²) in [5.41, 5.74) is 2.59. The number of ether oxygens (including phenoxy) is 2. The van der Waals surface area contributed by atoms with Crippen molar-refractivity contribution in [3.8, 4) is 22.1 Å². The Kier molecular flexibility index (Phi) is 5.86. The number of hydrogen-bond donors (Lipinski definition) is 2. The first-order chi connectivity index (χ1) is 14.6. The van der Waals surface area contributed by atoms with Crippen LogP contribution in [0.1, 0.15) is 6.92 Å². The first-order valence-corrected chi connectivity index (χ1v) is 10.7. The van der Waals surface area contributed by atoms with Crippen LogP contribution in [-0.2, 0) is 4.79 Å². The van der Waals surface area contributed by atoms with E-state index in [1.165, 1.54) is 23.1 Å². The average Bonchev–Trinajstić information content (AvgIpc) is 3.39. The second-order valence-electron chi connectivity index (χ2n) is 6.29. The Hall–Kier alpha value is -3.11. The highest BCUT2D eigenvalue weighted by Crippen LogP contribution is 2.36. The van der Waals surface area contributed by atoms with Gasteiger partial charge in [0.2, 0.25) is 11.0 Å². The van der Waals surface area contributed by atoms with Crippen LogP contribution in [-0.4, -0.2) is 45.5 Å². The Labute approximate surface area is 181 Å². The lowest BCUT2D eigenvalue weighted by atomic mass is 10.2. The molecule has 0 saturated carbocycles. The molecule has 2 heterocycles. The number of nitrogens with zero attached hydrogens (tertiary/aromatic N) is 3. The fourth-order valence-corrected chi connectivity index (χ4v) is 4.37.